The van der Waals surface area contributed by atoms with Crippen molar-refractivity contribution < 1.29 is 0 Å². The fraction of sp³-hybridized carbons (Fsp3) is 0.0244. The highest BCUT2D eigenvalue weighted by atomic mass is 14.9. The minimum Gasteiger partial charge on any atom is -0.244 e. The zero-order valence-corrected chi connectivity index (χ0v) is 24.8. The van der Waals surface area contributed by atoms with Crippen molar-refractivity contribution in [3.63, 3.8) is 0 Å². The van der Waals surface area contributed by atoms with Crippen LogP contribution in [-0.2, 0) is 0 Å². The maximum absolute atomic E-state index is 5.31. The predicted molar refractivity (Wildman–Crippen MR) is 188 cm³/mol. The molecule has 0 N–H and O–H groups in total. The largest absolute Gasteiger partial charge is 0.244 e. The van der Waals surface area contributed by atoms with Crippen LogP contribution < -0.4 is 0 Å². The summed E-state index contributed by atoms with van der Waals surface area (Å²) in [4.78, 5) is 19.3. The van der Waals surface area contributed by atoms with E-state index in [0.29, 0.717) is 5.82 Å². The van der Waals surface area contributed by atoms with E-state index >= 15 is 0 Å². The molecule has 0 aliphatic carbocycles. The van der Waals surface area contributed by atoms with Crippen LogP contribution in [0.5, 0.6) is 0 Å². The van der Waals surface area contributed by atoms with Gasteiger partial charge in [-0.05, 0) is 86.8 Å². The Hall–Kier alpha value is -6.00. The predicted octanol–water partition coefficient (Wildman–Crippen LogP) is 10.4. The van der Waals surface area contributed by atoms with Crippen LogP contribution in [0, 0.1) is 6.92 Å². The Kier molecular flexibility index (Phi) is 6.46. The molecule has 2 aromatic heterocycles. The minimum atomic E-state index is 0.654. The van der Waals surface area contributed by atoms with Gasteiger partial charge in [-0.25, -0.2) is 19.9 Å². The Morgan fingerprint density at radius 2 is 1.24 bits per heavy atom. The lowest BCUT2D eigenvalue weighted by Crippen LogP contribution is -1.99. The Balaban J connectivity index is 1.49. The van der Waals surface area contributed by atoms with Crippen LogP contribution >= 0.6 is 0 Å². The van der Waals surface area contributed by atoms with Crippen LogP contribution in [0.3, 0.4) is 0 Å². The molecule has 8 rings (SSSR count). The zero-order valence-electron chi connectivity index (χ0n) is 24.8. The van der Waals surface area contributed by atoms with Gasteiger partial charge in [0.1, 0.15) is 6.33 Å². The van der Waals surface area contributed by atoms with Gasteiger partial charge in [0.05, 0.1) is 16.9 Å². The van der Waals surface area contributed by atoms with Crippen LogP contribution in [0.25, 0.3) is 83.2 Å². The number of aromatic nitrogens is 4. The van der Waals surface area contributed by atoms with Crippen molar-refractivity contribution in [3.05, 3.63) is 152 Å². The van der Waals surface area contributed by atoms with E-state index in [2.05, 4.69) is 127 Å². The van der Waals surface area contributed by atoms with Gasteiger partial charge in [-0.3, -0.25) is 0 Å². The van der Waals surface area contributed by atoms with Crippen molar-refractivity contribution in [1.29, 1.82) is 0 Å². The lowest BCUT2D eigenvalue weighted by atomic mass is 9.90. The first-order valence-electron chi connectivity index (χ1n) is 15.0. The third-order valence-electron chi connectivity index (χ3n) is 8.53. The lowest BCUT2D eigenvalue weighted by molar-refractivity contribution is 1.18. The first kappa shape index (κ1) is 26.6. The van der Waals surface area contributed by atoms with E-state index in [9.17, 15) is 0 Å². The molecule has 0 saturated heterocycles. The number of nitrogens with zero attached hydrogens (tertiary/aromatic N) is 4. The van der Waals surface area contributed by atoms with Crippen molar-refractivity contribution in [3.8, 4) is 33.9 Å². The van der Waals surface area contributed by atoms with Gasteiger partial charge in [-0.15, -0.1) is 0 Å². The normalized spacial score (nSPS) is 11.7. The number of benzene rings is 6. The second-order valence-corrected chi connectivity index (χ2v) is 11.2. The van der Waals surface area contributed by atoms with E-state index in [-0.39, 0.29) is 0 Å². The molecule has 0 fully saturated rings. The molecular formula is C41H28N4. The molecule has 6 aromatic carbocycles. The molecule has 8 aromatic rings. The molecule has 2 heterocycles. The number of allylic oxidation sites excluding steroid dienone is 2. The fourth-order valence-electron chi connectivity index (χ4n) is 6.39. The quantitative estimate of drug-likeness (QED) is 0.151. The average Bonchev–Trinajstić information content (AvgIpc) is 3.09. The van der Waals surface area contributed by atoms with Crippen molar-refractivity contribution in [1.82, 2.24) is 19.9 Å². The van der Waals surface area contributed by atoms with Crippen LogP contribution in [-0.4, -0.2) is 19.9 Å². The van der Waals surface area contributed by atoms with E-state index < -0.39 is 0 Å². The van der Waals surface area contributed by atoms with Crippen molar-refractivity contribution >= 4 is 49.3 Å². The molecular weight excluding hydrogens is 548 g/mol. The molecule has 0 saturated carbocycles. The SMILES string of the molecule is C=C/C=C\c1cc2ccccc2c(-c2cc(-c3c4ccccc4cc4ccccc34)nc(-c3ccc4ncncc4c3)n2)c1C. The van der Waals surface area contributed by atoms with E-state index in [4.69, 9.17) is 9.97 Å². The van der Waals surface area contributed by atoms with Gasteiger partial charge in [0.25, 0.3) is 0 Å². The van der Waals surface area contributed by atoms with Gasteiger partial charge in [0.2, 0.25) is 0 Å². The van der Waals surface area contributed by atoms with Gasteiger partial charge in [-0.1, -0.05) is 97.6 Å². The Morgan fingerprint density at radius 3 is 1.93 bits per heavy atom. The molecule has 0 radical (unpaired) electrons. The summed E-state index contributed by atoms with van der Waals surface area (Å²) in [6, 6.07) is 38.4. The summed E-state index contributed by atoms with van der Waals surface area (Å²) in [5.41, 5.74) is 8.02. The molecule has 0 atom stereocenters. The van der Waals surface area contributed by atoms with Gasteiger partial charge in [-0.2, -0.15) is 0 Å². The third kappa shape index (κ3) is 4.64. The van der Waals surface area contributed by atoms with Crippen molar-refractivity contribution in [2.24, 2.45) is 0 Å². The molecule has 0 aliphatic heterocycles. The maximum atomic E-state index is 5.31. The molecule has 0 spiro atoms. The van der Waals surface area contributed by atoms with E-state index in [1.54, 1.807) is 6.33 Å². The second-order valence-electron chi connectivity index (χ2n) is 11.2. The number of hydrogen-bond acceptors (Lipinski definition) is 4. The highest BCUT2D eigenvalue weighted by molar-refractivity contribution is 6.12. The first-order valence-corrected chi connectivity index (χ1v) is 15.0. The van der Waals surface area contributed by atoms with Crippen LogP contribution in [0.2, 0.25) is 0 Å². The molecule has 0 unspecified atom stereocenters. The maximum Gasteiger partial charge on any atom is 0.160 e. The van der Waals surface area contributed by atoms with Gasteiger partial charge >= 0.3 is 0 Å². The van der Waals surface area contributed by atoms with Crippen molar-refractivity contribution in [2.45, 2.75) is 6.92 Å². The topological polar surface area (TPSA) is 51.6 Å². The van der Waals surface area contributed by atoms with E-state index in [1.807, 2.05) is 30.5 Å². The minimum absolute atomic E-state index is 0.654. The monoisotopic (exact) mass is 576 g/mol. The van der Waals surface area contributed by atoms with Gasteiger partial charge < -0.3 is 0 Å². The summed E-state index contributed by atoms with van der Waals surface area (Å²) in [5.74, 6) is 0.654. The Labute approximate surface area is 261 Å². The molecule has 45 heavy (non-hydrogen) atoms. The lowest BCUT2D eigenvalue weighted by Gasteiger charge is -2.17. The van der Waals surface area contributed by atoms with E-state index in [1.165, 1.54) is 10.8 Å². The fourth-order valence-corrected chi connectivity index (χ4v) is 6.39. The number of rotatable bonds is 5. The first-order chi connectivity index (χ1) is 22.2. The van der Waals surface area contributed by atoms with E-state index in [0.717, 1.165) is 71.7 Å². The Morgan fingerprint density at radius 1 is 0.622 bits per heavy atom. The highest BCUT2D eigenvalue weighted by Gasteiger charge is 2.19. The summed E-state index contributed by atoms with van der Waals surface area (Å²) < 4.78 is 0. The number of fused-ring (bicyclic) bond motifs is 4. The molecule has 4 nitrogen and oxygen atoms in total. The van der Waals surface area contributed by atoms with Crippen LogP contribution in [0.1, 0.15) is 11.1 Å². The average molecular weight is 577 g/mol. The van der Waals surface area contributed by atoms with Gasteiger partial charge in [0.15, 0.2) is 5.82 Å². The molecule has 0 amide bonds. The zero-order chi connectivity index (χ0) is 30.3. The second kappa shape index (κ2) is 10.9. The molecule has 0 aliphatic rings. The summed E-state index contributed by atoms with van der Waals surface area (Å²) >= 11 is 0. The van der Waals surface area contributed by atoms with Crippen LogP contribution in [0.15, 0.2) is 140 Å². The van der Waals surface area contributed by atoms with Crippen molar-refractivity contribution in [2.75, 3.05) is 0 Å². The van der Waals surface area contributed by atoms with Crippen LogP contribution in [0.4, 0.5) is 0 Å². The molecule has 4 heteroatoms. The Bertz CT molecular complexity index is 2420. The standard InChI is InChI=1S/C41H28N4/c1-3-4-11-27-20-28-12-5-8-15-33(28)39(26(27)2)37-23-38(45-41(44-37)31-18-19-36-32(22-31)24-42-25-43-36)40-34-16-9-6-13-29(34)21-30-14-7-10-17-35(30)40/h3-25H,1H2,2H3/b11-4-. The number of hydrogen-bond donors (Lipinski definition) is 0. The van der Waals surface area contributed by atoms with Gasteiger partial charge in [0, 0.05) is 28.3 Å². The smallest absolute Gasteiger partial charge is 0.160 e. The summed E-state index contributed by atoms with van der Waals surface area (Å²) in [7, 11) is 0. The third-order valence-corrected chi connectivity index (χ3v) is 8.53. The molecule has 212 valence electrons. The molecule has 0 bridgehead atoms. The summed E-state index contributed by atoms with van der Waals surface area (Å²) in [6.45, 7) is 6.07. The highest BCUT2D eigenvalue weighted by Crippen LogP contribution is 2.40. The summed E-state index contributed by atoms with van der Waals surface area (Å²) in [5, 5.41) is 7.91. The summed E-state index contributed by atoms with van der Waals surface area (Å²) in [6.07, 6.45) is 9.32.